The van der Waals surface area contributed by atoms with Crippen LogP contribution < -0.4 is 15.5 Å². The minimum absolute atomic E-state index is 0.0597. The summed E-state index contributed by atoms with van der Waals surface area (Å²) in [5, 5.41) is 5.49. The molecule has 2 N–H and O–H groups in total. The Balaban J connectivity index is 1.64. The molecule has 2 aromatic carbocycles. The molecule has 154 valence electrons. The molecule has 1 unspecified atom stereocenters. The van der Waals surface area contributed by atoms with Crippen LogP contribution in [0.4, 0.5) is 11.4 Å². The molecule has 0 spiro atoms. The molecule has 1 heterocycles. The fraction of sp³-hybridized carbons (Fsp3) is 0.391. The number of carbonyl (C=O) groups excluding carboxylic acids is 2. The van der Waals surface area contributed by atoms with E-state index in [2.05, 4.69) is 44.7 Å². The second-order valence-corrected chi connectivity index (χ2v) is 7.78. The topological polar surface area (TPSA) is 64.7 Å². The number of aryl methyl sites for hydroxylation is 1. The maximum atomic E-state index is 12.4. The number of carbonyl (C=O) groups is 2. The fourth-order valence-corrected chi connectivity index (χ4v) is 3.69. The fourth-order valence-electron chi connectivity index (χ4n) is 3.69. The van der Waals surface area contributed by atoms with Crippen LogP contribution in [0, 0.1) is 6.92 Å². The molecule has 6 heteroatoms. The van der Waals surface area contributed by atoms with Gasteiger partial charge in [0.1, 0.15) is 0 Å². The summed E-state index contributed by atoms with van der Waals surface area (Å²) in [5.41, 5.74) is 3.94. The Kier molecular flexibility index (Phi) is 6.88. The lowest BCUT2D eigenvalue weighted by Gasteiger charge is -2.28. The maximum Gasteiger partial charge on any atom is 0.313 e. The van der Waals surface area contributed by atoms with E-state index in [9.17, 15) is 9.59 Å². The minimum atomic E-state index is -0.640. The number of hydrogen-bond donors (Lipinski definition) is 2. The molecule has 0 aromatic heterocycles. The first-order chi connectivity index (χ1) is 13.9. The SMILES string of the molecule is Cc1cccc(NC(=O)C(=O)NCC(c2ccc(N(C)C)cc2)N2CCCC2)c1. The standard InChI is InChI=1S/C23H30N4O2/c1-17-7-6-8-19(15-17)25-23(29)22(28)24-16-21(27-13-4-5-14-27)18-9-11-20(12-10-18)26(2)3/h6-12,15,21H,4-5,13-14,16H2,1-3H3,(H,24,28)(H,25,29). The average molecular weight is 395 g/mol. The Bertz CT molecular complexity index is 842. The van der Waals surface area contributed by atoms with Crippen LogP contribution in [0.25, 0.3) is 0 Å². The highest BCUT2D eigenvalue weighted by atomic mass is 16.2. The Morgan fingerprint density at radius 3 is 2.34 bits per heavy atom. The summed E-state index contributed by atoms with van der Waals surface area (Å²) in [6, 6.07) is 15.9. The lowest BCUT2D eigenvalue weighted by Crippen LogP contribution is -2.41. The molecule has 1 aliphatic heterocycles. The molecule has 6 nitrogen and oxygen atoms in total. The number of rotatable bonds is 6. The van der Waals surface area contributed by atoms with E-state index in [4.69, 9.17) is 0 Å². The van der Waals surface area contributed by atoms with Gasteiger partial charge in [-0.2, -0.15) is 0 Å². The van der Waals surface area contributed by atoms with Gasteiger partial charge in [0.2, 0.25) is 0 Å². The van der Waals surface area contributed by atoms with Gasteiger partial charge in [0.05, 0.1) is 6.04 Å². The first kappa shape index (κ1) is 20.9. The van der Waals surface area contributed by atoms with Crippen LogP contribution in [0.3, 0.4) is 0 Å². The second-order valence-electron chi connectivity index (χ2n) is 7.78. The molecule has 2 aromatic rings. The van der Waals surface area contributed by atoms with Crippen LogP contribution in [-0.4, -0.2) is 50.4 Å². The van der Waals surface area contributed by atoms with Gasteiger partial charge in [0.15, 0.2) is 0 Å². The number of anilines is 2. The monoisotopic (exact) mass is 394 g/mol. The van der Waals surface area contributed by atoms with Crippen LogP contribution >= 0.6 is 0 Å². The molecular formula is C23H30N4O2. The highest BCUT2D eigenvalue weighted by molar-refractivity contribution is 6.39. The van der Waals surface area contributed by atoms with Crippen molar-refractivity contribution in [3.63, 3.8) is 0 Å². The van der Waals surface area contributed by atoms with Gasteiger partial charge in [0, 0.05) is 32.0 Å². The van der Waals surface area contributed by atoms with Gasteiger partial charge in [-0.1, -0.05) is 24.3 Å². The molecular weight excluding hydrogens is 364 g/mol. The quantitative estimate of drug-likeness (QED) is 0.740. The van der Waals surface area contributed by atoms with Crippen molar-refractivity contribution in [1.82, 2.24) is 10.2 Å². The molecule has 0 aliphatic carbocycles. The first-order valence-corrected chi connectivity index (χ1v) is 10.1. The van der Waals surface area contributed by atoms with E-state index < -0.39 is 11.8 Å². The van der Waals surface area contributed by atoms with Crippen molar-refractivity contribution in [3.05, 3.63) is 59.7 Å². The van der Waals surface area contributed by atoms with E-state index in [0.29, 0.717) is 12.2 Å². The van der Waals surface area contributed by atoms with Crippen molar-refractivity contribution in [2.45, 2.75) is 25.8 Å². The molecule has 0 bridgehead atoms. The third kappa shape index (κ3) is 5.57. The average Bonchev–Trinajstić information content (AvgIpc) is 3.23. The molecule has 2 amide bonds. The molecule has 1 atom stereocenters. The van der Waals surface area contributed by atoms with Crippen molar-refractivity contribution in [2.24, 2.45) is 0 Å². The minimum Gasteiger partial charge on any atom is -0.378 e. The van der Waals surface area contributed by atoms with E-state index >= 15 is 0 Å². The second kappa shape index (κ2) is 9.56. The molecule has 29 heavy (non-hydrogen) atoms. The number of nitrogens with zero attached hydrogens (tertiary/aromatic N) is 2. The van der Waals surface area contributed by atoms with E-state index in [1.54, 1.807) is 6.07 Å². The number of benzene rings is 2. The summed E-state index contributed by atoms with van der Waals surface area (Å²) in [4.78, 5) is 29.1. The molecule has 3 rings (SSSR count). The van der Waals surface area contributed by atoms with Crippen LogP contribution in [0.15, 0.2) is 48.5 Å². The number of amides is 2. The zero-order valence-electron chi connectivity index (χ0n) is 17.4. The third-order valence-corrected chi connectivity index (χ3v) is 5.31. The van der Waals surface area contributed by atoms with Gasteiger partial charge in [0.25, 0.3) is 0 Å². The van der Waals surface area contributed by atoms with E-state index in [1.165, 1.54) is 0 Å². The number of likely N-dealkylation sites (tertiary alicyclic amines) is 1. The van der Waals surface area contributed by atoms with Crippen molar-refractivity contribution in [2.75, 3.05) is 43.9 Å². The lowest BCUT2D eigenvalue weighted by atomic mass is 10.0. The van der Waals surface area contributed by atoms with E-state index in [0.717, 1.165) is 42.7 Å². The number of nitrogens with one attached hydrogen (secondary N) is 2. The van der Waals surface area contributed by atoms with Gasteiger partial charge in [-0.3, -0.25) is 14.5 Å². The highest BCUT2D eigenvalue weighted by Crippen LogP contribution is 2.26. The van der Waals surface area contributed by atoms with Gasteiger partial charge in [-0.25, -0.2) is 0 Å². The number of hydrogen-bond acceptors (Lipinski definition) is 4. The van der Waals surface area contributed by atoms with Crippen LogP contribution in [0.1, 0.15) is 30.0 Å². The summed E-state index contributed by atoms with van der Waals surface area (Å²) in [6.45, 7) is 4.36. The smallest absolute Gasteiger partial charge is 0.313 e. The predicted molar refractivity (Wildman–Crippen MR) is 117 cm³/mol. The highest BCUT2D eigenvalue weighted by Gasteiger charge is 2.25. The summed E-state index contributed by atoms with van der Waals surface area (Å²) in [6.07, 6.45) is 2.32. The lowest BCUT2D eigenvalue weighted by molar-refractivity contribution is -0.136. The van der Waals surface area contributed by atoms with Crippen molar-refractivity contribution in [3.8, 4) is 0 Å². The zero-order chi connectivity index (χ0) is 20.8. The van der Waals surface area contributed by atoms with Crippen molar-refractivity contribution >= 4 is 23.2 Å². The van der Waals surface area contributed by atoms with E-state index in [-0.39, 0.29) is 6.04 Å². The maximum absolute atomic E-state index is 12.4. The largest absolute Gasteiger partial charge is 0.378 e. The molecule has 1 saturated heterocycles. The predicted octanol–water partition coefficient (Wildman–Crippen LogP) is 2.95. The zero-order valence-corrected chi connectivity index (χ0v) is 17.4. The summed E-state index contributed by atoms with van der Waals surface area (Å²) in [5.74, 6) is -1.25. The van der Waals surface area contributed by atoms with Crippen LogP contribution in [-0.2, 0) is 9.59 Å². The van der Waals surface area contributed by atoms with Gasteiger partial charge < -0.3 is 15.5 Å². The van der Waals surface area contributed by atoms with Gasteiger partial charge in [-0.15, -0.1) is 0 Å². The Labute approximate surface area is 172 Å². The van der Waals surface area contributed by atoms with Crippen LogP contribution in [0.5, 0.6) is 0 Å². The summed E-state index contributed by atoms with van der Waals surface area (Å²) in [7, 11) is 4.03. The Hall–Kier alpha value is -2.86. The van der Waals surface area contributed by atoms with Crippen molar-refractivity contribution in [1.29, 1.82) is 0 Å². The molecule has 0 radical (unpaired) electrons. The summed E-state index contributed by atoms with van der Waals surface area (Å²) < 4.78 is 0. The first-order valence-electron chi connectivity index (χ1n) is 10.1. The summed E-state index contributed by atoms with van der Waals surface area (Å²) >= 11 is 0. The van der Waals surface area contributed by atoms with Crippen LogP contribution in [0.2, 0.25) is 0 Å². The van der Waals surface area contributed by atoms with Gasteiger partial charge >= 0.3 is 11.8 Å². The molecule has 0 saturated carbocycles. The molecule has 1 fully saturated rings. The Morgan fingerprint density at radius 2 is 1.72 bits per heavy atom. The third-order valence-electron chi connectivity index (χ3n) is 5.31. The van der Waals surface area contributed by atoms with E-state index in [1.807, 2.05) is 39.2 Å². The van der Waals surface area contributed by atoms with Crippen molar-refractivity contribution < 1.29 is 9.59 Å². The van der Waals surface area contributed by atoms with Gasteiger partial charge in [-0.05, 0) is 68.2 Å². The normalized spacial score (nSPS) is 15.0. The molecule has 1 aliphatic rings. The Morgan fingerprint density at radius 1 is 1.03 bits per heavy atom.